The molecule has 0 amide bonds. The molecule has 2 aliphatic rings. The summed E-state index contributed by atoms with van der Waals surface area (Å²) in [5, 5.41) is 8.20. The Balaban J connectivity index is 0.000000186. The highest BCUT2D eigenvalue weighted by Gasteiger charge is 2.02. The average molecular weight is 472 g/mol. The van der Waals surface area contributed by atoms with E-state index >= 15 is 0 Å². The van der Waals surface area contributed by atoms with E-state index in [0.717, 1.165) is 57.5 Å². The van der Waals surface area contributed by atoms with Gasteiger partial charge in [-0.15, -0.1) is 0 Å². The molecule has 0 fully saturated rings. The van der Waals surface area contributed by atoms with Crippen LogP contribution in [0, 0.1) is 0 Å². The van der Waals surface area contributed by atoms with Crippen LogP contribution in [-0.2, 0) is 0 Å². The smallest absolute Gasteiger partial charge is 0.0701 e. The summed E-state index contributed by atoms with van der Waals surface area (Å²) in [4.78, 5) is 20.2. The summed E-state index contributed by atoms with van der Waals surface area (Å²) in [5.74, 6) is 0. The van der Waals surface area contributed by atoms with E-state index in [-0.39, 0.29) is 0 Å². The van der Waals surface area contributed by atoms with Crippen LogP contribution in [-0.4, -0.2) is 37.1 Å². The van der Waals surface area contributed by atoms with Crippen molar-refractivity contribution in [3.05, 3.63) is 114 Å². The predicted molar refractivity (Wildman–Crippen MR) is 149 cm³/mol. The first kappa shape index (κ1) is 23.0. The number of H-pyrrole nitrogens is 2. The number of nitrogens with zero attached hydrogens (tertiary/aromatic N) is 3. The SMILES string of the molecule is C1=Cc2cc3ccc(cc4ccc(cc5nc(cc1n2)C=C5)[nH]4)[nH]3.CO.c1ccc2ncccc2c1. The molecular formula is C30H25N5O. The molecule has 6 nitrogen and oxygen atoms in total. The fourth-order valence-corrected chi connectivity index (χ4v) is 3.96. The summed E-state index contributed by atoms with van der Waals surface area (Å²) in [7, 11) is 1.00. The van der Waals surface area contributed by atoms with Crippen molar-refractivity contribution in [1.82, 2.24) is 24.9 Å². The minimum Gasteiger partial charge on any atom is -0.400 e. The van der Waals surface area contributed by atoms with E-state index in [2.05, 4.69) is 67.4 Å². The van der Waals surface area contributed by atoms with Gasteiger partial charge in [-0.2, -0.15) is 0 Å². The van der Waals surface area contributed by atoms with Crippen LogP contribution in [0.25, 0.3) is 57.3 Å². The summed E-state index contributed by atoms with van der Waals surface area (Å²) in [5.41, 5.74) is 8.92. The molecule has 6 heteroatoms. The van der Waals surface area contributed by atoms with Gasteiger partial charge in [-0.3, -0.25) is 4.98 Å². The third-order valence-electron chi connectivity index (χ3n) is 5.55. The lowest BCUT2D eigenvalue weighted by Crippen LogP contribution is -1.77. The Morgan fingerprint density at radius 3 is 1.56 bits per heavy atom. The monoisotopic (exact) mass is 471 g/mol. The normalized spacial score (nSPS) is 11.4. The van der Waals surface area contributed by atoms with Crippen molar-refractivity contribution in [1.29, 1.82) is 0 Å². The molecule has 0 saturated heterocycles. The number of aromatic amines is 2. The Bertz CT molecular complexity index is 1570. The highest BCUT2D eigenvalue weighted by molar-refractivity contribution is 5.78. The van der Waals surface area contributed by atoms with Gasteiger partial charge in [0.15, 0.2) is 0 Å². The van der Waals surface area contributed by atoms with Gasteiger partial charge in [0.25, 0.3) is 0 Å². The second kappa shape index (κ2) is 10.6. The van der Waals surface area contributed by atoms with Crippen molar-refractivity contribution in [2.45, 2.75) is 0 Å². The molecule has 36 heavy (non-hydrogen) atoms. The number of benzene rings is 1. The number of aliphatic hydroxyl groups is 1. The second-order valence-electron chi connectivity index (χ2n) is 8.10. The lowest BCUT2D eigenvalue weighted by molar-refractivity contribution is 0.399. The maximum Gasteiger partial charge on any atom is 0.0701 e. The Hall–Kier alpha value is -4.81. The molecule has 0 aliphatic carbocycles. The Morgan fingerprint density at radius 2 is 1.00 bits per heavy atom. The van der Waals surface area contributed by atoms with Crippen LogP contribution in [0.4, 0.5) is 0 Å². The number of pyridine rings is 1. The standard InChI is InChI=1S/C20H14N4.C9H7N.CH4O/c1-2-14-10-16-5-6-18(23-16)12-20-8-7-19(24-20)11-17-4-3-15(22-17)9-13(1)21-14;1-2-6-9-8(4-1)5-3-7-10-9;1-2/h1-12,21-22H;1-7H;2H,1H3. The first-order valence-corrected chi connectivity index (χ1v) is 11.6. The van der Waals surface area contributed by atoms with Crippen molar-refractivity contribution in [3.63, 3.8) is 0 Å². The number of hydrogen-bond donors (Lipinski definition) is 3. The van der Waals surface area contributed by atoms with Crippen molar-refractivity contribution >= 4 is 57.3 Å². The summed E-state index contributed by atoms with van der Waals surface area (Å²) in [6.07, 6.45) is 9.86. The third-order valence-corrected chi connectivity index (χ3v) is 5.55. The zero-order valence-electron chi connectivity index (χ0n) is 19.8. The van der Waals surface area contributed by atoms with E-state index in [1.807, 2.05) is 73.0 Å². The van der Waals surface area contributed by atoms with Gasteiger partial charge in [0.1, 0.15) is 0 Å². The van der Waals surface area contributed by atoms with E-state index in [1.54, 1.807) is 0 Å². The predicted octanol–water partition coefficient (Wildman–Crippen LogP) is 6.50. The first-order valence-electron chi connectivity index (χ1n) is 11.6. The summed E-state index contributed by atoms with van der Waals surface area (Å²) >= 11 is 0. The molecule has 5 aromatic rings. The summed E-state index contributed by atoms with van der Waals surface area (Å²) in [6, 6.07) is 28.5. The van der Waals surface area contributed by atoms with E-state index in [9.17, 15) is 0 Å². The second-order valence-corrected chi connectivity index (χ2v) is 8.10. The highest BCUT2D eigenvalue weighted by Crippen LogP contribution is 2.17. The van der Waals surface area contributed by atoms with Gasteiger partial charge in [0.05, 0.1) is 28.3 Å². The van der Waals surface area contributed by atoms with Crippen LogP contribution >= 0.6 is 0 Å². The van der Waals surface area contributed by atoms with Crippen LogP contribution in [0.2, 0.25) is 0 Å². The Morgan fingerprint density at radius 1 is 0.528 bits per heavy atom. The third kappa shape index (κ3) is 5.46. The van der Waals surface area contributed by atoms with Gasteiger partial charge in [0, 0.05) is 40.8 Å². The molecule has 8 bridgehead atoms. The lowest BCUT2D eigenvalue weighted by atomic mass is 10.2. The van der Waals surface area contributed by atoms with Gasteiger partial charge in [-0.05, 0) is 85.0 Å². The molecule has 0 saturated carbocycles. The van der Waals surface area contributed by atoms with Gasteiger partial charge in [-0.25, -0.2) is 9.97 Å². The number of fused-ring (bicyclic) bond motifs is 9. The maximum atomic E-state index is 7.00. The fraction of sp³-hybridized carbons (Fsp3) is 0.0333. The molecular weight excluding hydrogens is 446 g/mol. The maximum absolute atomic E-state index is 7.00. The van der Waals surface area contributed by atoms with E-state index < -0.39 is 0 Å². The highest BCUT2D eigenvalue weighted by atomic mass is 16.2. The fourth-order valence-electron chi connectivity index (χ4n) is 3.96. The van der Waals surface area contributed by atoms with Crippen molar-refractivity contribution in [3.8, 4) is 0 Å². The number of nitrogens with one attached hydrogen (secondary N) is 2. The molecule has 4 aromatic heterocycles. The van der Waals surface area contributed by atoms with Crippen molar-refractivity contribution < 1.29 is 5.11 Å². The van der Waals surface area contributed by atoms with Crippen molar-refractivity contribution in [2.75, 3.05) is 7.11 Å². The molecule has 0 radical (unpaired) electrons. The van der Waals surface area contributed by atoms with E-state index in [0.29, 0.717) is 0 Å². The van der Waals surface area contributed by atoms with Crippen molar-refractivity contribution in [2.24, 2.45) is 0 Å². The summed E-state index contributed by atoms with van der Waals surface area (Å²) < 4.78 is 0. The van der Waals surface area contributed by atoms with Crippen LogP contribution in [0.5, 0.6) is 0 Å². The summed E-state index contributed by atoms with van der Waals surface area (Å²) in [6.45, 7) is 0. The van der Waals surface area contributed by atoms with E-state index in [4.69, 9.17) is 5.11 Å². The van der Waals surface area contributed by atoms with Crippen LogP contribution < -0.4 is 0 Å². The molecule has 7 rings (SSSR count). The number of aromatic nitrogens is 5. The topological polar surface area (TPSA) is 90.5 Å². The van der Waals surface area contributed by atoms with Gasteiger partial charge in [0.2, 0.25) is 0 Å². The lowest BCUT2D eigenvalue weighted by Gasteiger charge is -1.91. The Kier molecular flexibility index (Phi) is 6.78. The minimum absolute atomic E-state index is 0.915. The van der Waals surface area contributed by atoms with Crippen LogP contribution in [0.3, 0.4) is 0 Å². The molecule has 0 spiro atoms. The minimum atomic E-state index is 0.915. The number of rotatable bonds is 0. The van der Waals surface area contributed by atoms with Crippen LogP contribution in [0.15, 0.2) is 91.1 Å². The zero-order valence-corrected chi connectivity index (χ0v) is 19.8. The largest absolute Gasteiger partial charge is 0.400 e. The number of aliphatic hydroxyl groups excluding tert-OH is 1. The molecule has 6 heterocycles. The quantitative estimate of drug-likeness (QED) is 0.235. The zero-order chi connectivity index (χ0) is 24.7. The molecule has 1 aromatic carbocycles. The van der Waals surface area contributed by atoms with Gasteiger partial charge < -0.3 is 15.1 Å². The van der Waals surface area contributed by atoms with Gasteiger partial charge in [-0.1, -0.05) is 24.3 Å². The average Bonchev–Trinajstić information content (AvgIpc) is 3.72. The molecule has 0 atom stereocenters. The number of hydrogen-bond acceptors (Lipinski definition) is 4. The Labute approximate surface area is 208 Å². The number of para-hydroxylation sites is 1. The first-order chi connectivity index (χ1) is 17.8. The van der Waals surface area contributed by atoms with E-state index in [1.165, 1.54) is 5.39 Å². The van der Waals surface area contributed by atoms with Crippen LogP contribution in [0.1, 0.15) is 22.8 Å². The van der Waals surface area contributed by atoms with Gasteiger partial charge >= 0.3 is 0 Å². The molecule has 176 valence electrons. The molecule has 3 N–H and O–H groups in total. The molecule has 0 unspecified atom stereocenters. The molecule has 2 aliphatic heterocycles.